The van der Waals surface area contributed by atoms with Crippen molar-refractivity contribution in [3.05, 3.63) is 0 Å². The first-order chi connectivity index (χ1) is 4.52. The van der Waals surface area contributed by atoms with E-state index in [-0.39, 0.29) is 5.97 Å². The maximum Gasteiger partial charge on any atom is 0.361 e. The highest BCUT2D eigenvalue weighted by Gasteiger charge is 2.17. The molecule has 0 amide bonds. The molecule has 3 nitrogen and oxygen atoms in total. The van der Waals surface area contributed by atoms with Gasteiger partial charge in [-0.15, -0.1) is 0 Å². The Balaban J connectivity index is 3.76. The molecule has 0 aliphatic heterocycles. The van der Waals surface area contributed by atoms with E-state index >= 15 is 0 Å². The van der Waals surface area contributed by atoms with Crippen LogP contribution in [0.2, 0.25) is 0 Å². The van der Waals surface area contributed by atoms with Crippen molar-refractivity contribution < 1.29 is 14.0 Å². The van der Waals surface area contributed by atoms with Crippen molar-refractivity contribution in [2.24, 2.45) is 0 Å². The third-order valence-electron chi connectivity index (χ3n) is 1.64. The number of ether oxygens (including phenoxy) is 1. The average Bonchev–Trinajstić information content (AvgIpc) is 1.87. The Labute approximate surface area is 62.2 Å². The van der Waals surface area contributed by atoms with Gasteiger partial charge in [-0.05, 0) is 6.92 Å². The van der Waals surface area contributed by atoms with Gasteiger partial charge in [0.25, 0.3) is 0 Å². The van der Waals surface area contributed by atoms with Gasteiger partial charge in [0.15, 0.2) is 6.54 Å². The number of carbonyl (C=O) groups is 1. The van der Waals surface area contributed by atoms with Gasteiger partial charge in [-0.2, -0.15) is 0 Å². The Kier molecular flexibility index (Phi) is 3.36. The highest BCUT2D eigenvalue weighted by atomic mass is 16.5. The Bertz CT molecular complexity index is 121. The number of hydrogen-bond donors (Lipinski definition) is 0. The molecule has 0 heterocycles. The van der Waals surface area contributed by atoms with Crippen LogP contribution in [0.15, 0.2) is 0 Å². The van der Waals surface area contributed by atoms with E-state index in [0.717, 1.165) is 6.54 Å². The molecule has 0 unspecified atom stereocenters. The van der Waals surface area contributed by atoms with Gasteiger partial charge in [0, 0.05) is 0 Å². The predicted octanol–water partition coefficient (Wildman–Crippen LogP) is 0.256. The summed E-state index contributed by atoms with van der Waals surface area (Å²) in [5, 5.41) is 0. The Hall–Kier alpha value is -0.570. The van der Waals surface area contributed by atoms with Gasteiger partial charge in [-0.25, -0.2) is 4.79 Å². The predicted molar refractivity (Wildman–Crippen MR) is 39.5 cm³/mol. The molecule has 0 rings (SSSR count). The molecule has 0 aromatic carbocycles. The van der Waals surface area contributed by atoms with Crippen LogP contribution >= 0.6 is 0 Å². The summed E-state index contributed by atoms with van der Waals surface area (Å²) in [5.74, 6) is -0.146. The second-order valence-electron chi connectivity index (χ2n) is 2.99. The third-order valence-corrected chi connectivity index (χ3v) is 1.64. The molecule has 0 atom stereocenters. The number of nitrogens with zero attached hydrogens (tertiary/aromatic N) is 1. The number of likely N-dealkylation sites (N-methyl/N-ethyl adjacent to an activating group) is 1. The zero-order valence-corrected chi connectivity index (χ0v) is 7.18. The normalized spacial score (nSPS) is 11.2. The lowest BCUT2D eigenvalue weighted by Gasteiger charge is -2.26. The maximum absolute atomic E-state index is 10.7. The van der Waals surface area contributed by atoms with Crippen molar-refractivity contribution in [1.29, 1.82) is 0 Å². The summed E-state index contributed by atoms with van der Waals surface area (Å²) < 4.78 is 5.22. The zero-order chi connectivity index (χ0) is 8.20. The lowest BCUT2D eigenvalue weighted by atomic mass is 10.4. The van der Waals surface area contributed by atoms with Crippen LogP contribution in [0.25, 0.3) is 0 Å². The fraction of sp³-hybridized carbons (Fsp3) is 0.857. The van der Waals surface area contributed by atoms with E-state index in [9.17, 15) is 4.79 Å². The monoisotopic (exact) mass is 146 g/mol. The minimum atomic E-state index is -0.146. The fourth-order valence-corrected chi connectivity index (χ4v) is 0.526. The van der Waals surface area contributed by atoms with Gasteiger partial charge in [0.2, 0.25) is 0 Å². The molecule has 0 aromatic heterocycles. The Morgan fingerprint density at radius 3 is 2.30 bits per heavy atom. The van der Waals surface area contributed by atoms with Gasteiger partial charge < -0.3 is 9.22 Å². The largest absolute Gasteiger partial charge is 0.465 e. The van der Waals surface area contributed by atoms with Crippen molar-refractivity contribution >= 4 is 5.97 Å². The molecule has 0 radical (unpaired) electrons. The second kappa shape index (κ2) is 3.56. The lowest BCUT2D eigenvalue weighted by Crippen LogP contribution is -2.43. The first-order valence-electron chi connectivity index (χ1n) is 3.40. The van der Waals surface area contributed by atoms with E-state index in [4.69, 9.17) is 0 Å². The SMILES string of the molecule is CC[N+](C)(C)CC(=O)OC. The number of methoxy groups -OCH3 is 1. The minimum absolute atomic E-state index is 0.146. The molecule has 0 aromatic rings. The summed E-state index contributed by atoms with van der Waals surface area (Å²) >= 11 is 0. The summed E-state index contributed by atoms with van der Waals surface area (Å²) in [6, 6.07) is 0. The van der Waals surface area contributed by atoms with Crippen molar-refractivity contribution in [1.82, 2.24) is 0 Å². The fourth-order valence-electron chi connectivity index (χ4n) is 0.526. The van der Waals surface area contributed by atoms with E-state index in [1.54, 1.807) is 0 Å². The van der Waals surface area contributed by atoms with Gasteiger partial charge in [0.1, 0.15) is 0 Å². The molecule has 0 bridgehead atoms. The molecular weight excluding hydrogens is 130 g/mol. The van der Waals surface area contributed by atoms with Gasteiger partial charge in [-0.1, -0.05) is 0 Å². The third kappa shape index (κ3) is 3.45. The van der Waals surface area contributed by atoms with Crippen LogP contribution in [-0.4, -0.2) is 44.7 Å². The van der Waals surface area contributed by atoms with Crippen molar-refractivity contribution in [3.8, 4) is 0 Å². The first-order valence-corrected chi connectivity index (χ1v) is 3.40. The number of carbonyl (C=O) groups excluding carboxylic acids is 1. The molecule has 0 aliphatic rings. The highest BCUT2D eigenvalue weighted by molar-refractivity contribution is 5.70. The topological polar surface area (TPSA) is 26.3 Å². The highest BCUT2D eigenvalue weighted by Crippen LogP contribution is 1.95. The van der Waals surface area contributed by atoms with Crippen molar-refractivity contribution in [2.75, 3.05) is 34.3 Å². The Morgan fingerprint density at radius 1 is 1.50 bits per heavy atom. The van der Waals surface area contributed by atoms with E-state index in [1.807, 2.05) is 21.0 Å². The van der Waals surface area contributed by atoms with Crippen LogP contribution in [0.1, 0.15) is 6.92 Å². The average molecular weight is 146 g/mol. The van der Waals surface area contributed by atoms with Crippen molar-refractivity contribution in [3.63, 3.8) is 0 Å². The van der Waals surface area contributed by atoms with Gasteiger partial charge >= 0.3 is 5.97 Å². The number of esters is 1. The van der Waals surface area contributed by atoms with Crippen LogP contribution in [0.4, 0.5) is 0 Å². The lowest BCUT2D eigenvalue weighted by molar-refractivity contribution is -0.881. The molecule has 0 spiro atoms. The summed E-state index contributed by atoms with van der Waals surface area (Å²) in [6.07, 6.45) is 0. The Morgan fingerprint density at radius 2 is 2.00 bits per heavy atom. The molecule has 0 N–H and O–H groups in total. The van der Waals surface area contributed by atoms with E-state index < -0.39 is 0 Å². The molecular formula is C7H16NO2+. The second-order valence-corrected chi connectivity index (χ2v) is 2.99. The summed E-state index contributed by atoms with van der Waals surface area (Å²) in [5.41, 5.74) is 0. The quantitative estimate of drug-likeness (QED) is 0.421. The summed E-state index contributed by atoms with van der Waals surface area (Å²) in [6.45, 7) is 3.44. The van der Waals surface area contributed by atoms with E-state index in [0.29, 0.717) is 11.0 Å². The van der Waals surface area contributed by atoms with Crippen LogP contribution in [0, 0.1) is 0 Å². The number of rotatable bonds is 3. The van der Waals surface area contributed by atoms with E-state index in [2.05, 4.69) is 4.74 Å². The number of quaternary nitrogens is 1. The minimum Gasteiger partial charge on any atom is -0.465 e. The smallest absolute Gasteiger partial charge is 0.361 e. The number of hydrogen-bond acceptors (Lipinski definition) is 2. The molecule has 0 fully saturated rings. The van der Waals surface area contributed by atoms with Gasteiger partial charge in [-0.3, -0.25) is 0 Å². The van der Waals surface area contributed by atoms with E-state index in [1.165, 1.54) is 7.11 Å². The first kappa shape index (κ1) is 9.43. The molecule has 3 heteroatoms. The molecule has 0 aliphatic carbocycles. The van der Waals surface area contributed by atoms with Crippen LogP contribution in [-0.2, 0) is 9.53 Å². The van der Waals surface area contributed by atoms with Crippen LogP contribution in [0.5, 0.6) is 0 Å². The van der Waals surface area contributed by atoms with Crippen LogP contribution in [0.3, 0.4) is 0 Å². The molecule has 10 heavy (non-hydrogen) atoms. The summed E-state index contributed by atoms with van der Waals surface area (Å²) in [7, 11) is 5.41. The molecule has 0 saturated carbocycles. The molecule has 60 valence electrons. The van der Waals surface area contributed by atoms with Crippen LogP contribution < -0.4 is 0 Å². The van der Waals surface area contributed by atoms with Gasteiger partial charge in [0.05, 0.1) is 27.7 Å². The zero-order valence-electron chi connectivity index (χ0n) is 7.18. The maximum atomic E-state index is 10.7. The molecule has 0 saturated heterocycles. The van der Waals surface area contributed by atoms with Crippen molar-refractivity contribution in [2.45, 2.75) is 6.92 Å². The summed E-state index contributed by atoms with van der Waals surface area (Å²) in [4.78, 5) is 10.7. The standard InChI is InChI=1S/C7H16NO2/c1-5-8(2,3)6-7(9)10-4/h5-6H2,1-4H3/q+1.